The molecule has 0 spiro atoms. The number of aliphatic carboxylic acids is 1. The number of para-hydroxylation sites is 1. The molecule has 1 N–H and O–H groups in total. The number of hydrogen-bond acceptors (Lipinski definition) is 3. The SMILES string of the molecule is O=C(O)CCCN1COc2ccccc2C1. The van der Waals surface area contributed by atoms with Gasteiger partial charge in [-0.3, -0.25) is 9.69 Å². The number of carbonyl (C=O) groups is 1. The molecule has 2 rings (SSSR count). The largest absolute Gasteiger partial charge is 0.481 e. The van der Waals surface area contributed by atoms with Crippen molar-refractivity contribution in [1.29, 1.82) is 0 Å². The van der Waals surface area contributed by atoms with Crippen molar-refractivity contribution in [2.24, 2.45) is 0 Å². The number of hydrogen-bond donors (Lipinski definition) is 1. The van der Waals surface area contributed by atoms with Crippen LogP contribution in [0.2, 0.25) is 0 Å². The van der Waals surface area contributed by atoms with Crippen molar-refractivity contribution >= 4 is 5.97 Å². The van der Waals surface area contributed by atoms with Gasteiger partial charge in [0.2, 0.25) is 0 Å². The van der Waals surface area contributed by atoms with Crippen LogP contribution in [0.1, 0.15) is 18.4 Å². The Hall–Kier alpha value is -1.55. The van der Waals surface area contributed by atoms with Crippen molar-refractivity contribution in [3.8, 4) is 5.75 Å². The van der Waals surface area contributed by atoms with Gasteiger partial charge in [0, 0.05) is 25.1 Å². The Labute approximate surface area is 94.4 Å². The molecule has 1 heterocycles. The van der Waals surface area contributed by atoms with E-state index in [2.05, 4.69) is 4.90 Å². The number of ether oxygens (including phenoxy) is 1. The summed E-state index contributed by atoms with van der Waals surface area (Å²) in [7, 11) is 0. The second-order valence-corrected chi connectivity index (χ2v) is 3.93. The van der Waals surface area contributed by atoms with Crippen LogP contribution >= 0.6 is 0 Å². The van der Waals surface area contributed by atoms with Gasteiger partial charge in [-0.1, -0.05) is 18.2 Å². The zero-order chi connectivity index (χ0) is 11.4. The molecule has 86 valence electrons. The van der Waals surface area contributed by atoms with Gasteiger partial charge < -0.3 is 9.84 Å². The van der Waals surface area contributed by atoms with Gasteiger partial charge in [0.15, 0.2) is 0 Å². The predicted molar refractivity (Wildman–Crippen MR) is 59.2 cm³/mol. The highest BCUT2D eigenvalue weighted by Crippen LogP contribution is 2.24. The van der Waals surface area contributed by atoms with E-state index in [1.165, 1.54) is 5.56 Å². The lowest BCUT2D eigenvalue weighted by molar-refractivity contribution is -0.137. The average Bonchev–Trinajstić information content (AvgIpc) is 2.28. The lowest BCUT2D eigenvalue weighted by atomic mass is 10.1. The Morgan fingerprint density at radius 1 is 1.44 bits per heavy atom. The van der Waals surface area contributed by atoms with Crippen LogP contribution in [0.5, 0.6) is 5.75 Å². The molecule has 0 saturated heterocycles. The van der Waals surface area contributed by atoms with E-state index < -0.39 is 5.97 Å². The predicted octanol–water partition coefficient (Wildman–Crippen LogP) is 1.70. The highest BCUT2D eigenvalue weighted by atomic mass is 16.5. The average molecular weight is 221 g/mol. The molecule has 0 fully saturated rings. The maximum Gasteiger partial charge on any atom is 0.303 e. The zero-order valence-electron chi connectivity index (χ0n) is 9.06. The third-order valence-electron chi connectivity index (χ3n) is 2.63. The molecule has 16 heavy (non-hydrogen) atoms. The van der Waals surface area contributed by atoms with Crippen LogP contribution < -0.4 is 4.74 Å². The number of carboxylic acid groups (broad SMARTS) is 1. The van der Waals surface area contributed by atoms with Crippen LogP contribution in [0.25, 0.3) is 0 Å². The second kappa shape index (κ2) is 4.99. The number of benzene rings is 1. The third-order valence-corrected chi connectivity index (χ3v) is 2.63. The van der Waals surface area contributed by atoms with Gasteiger partial charge in [-0.2, -0.15) is 0 Å². The first-order valence-corrected chi connectivity index (χ1v) is 5.40. The molecule has 1 aromatic carbocycles. The van der Waals surface area contributed by atoms with Crippen LogP contribution in [-0.4, -0.2) is 29.3 Å². The number of carboxylic acids is 1. The molecule has 0 atom stereocenters. The van der Waals surface area contributed by atoms with Crippen LogP contribution in [0.4, 0.5) is 0 Å². The van der Waals surface area contributed by atoms with E-state index in [1.54, 1.807) is 0 Å². The lowest BCUT2D eigenvalue weighted by Gasteiger charge is -2.28. The summed E-state index contributed by atoms with van der Waals surface area (Å²) in [4.78, 5) is 12.5. The molecule has 0 unspecified atom stereocenters. The lowest BCUT2D eigenvalue weighted by Crippen LogP contribution is -2.32. The normalized spacial score (nSPS) is 15.2. The first-order valence-electron chi connectivity index (χ1n) is 5.40. The van der Waals surface area contributed by atoms with Crippen molar-refractivity contribution in [2.45, 2.75) is 19.4 Å². The molecule has 1 aliphatic heterocycles. The monoisotopic (exact) mass is 221 g/mol. The Kier molecular flexibility index (Phi) is 3.41. The van der Waals surface area contributed by atoms with E-state index in [0.29, 0.717) is 13.2 Å². The minimum Gasteiger partial charge on any atom is -0.481 e. The Balaban J connectivity index is 1.86. The summed E-state index contributed by atoms with van der Waals surface area (Å²) in [6.07, 6.45) is 0.888. The summed E-state index contributed by atoms with van der Waals surface area (Å²) in [5, 5.41) is 8.55. The quantitative estimate of drug-likeness (QED) is 0.840. The molecule has 1 aliphatic rings. The smallest absolute Gasteiger partial charge is 0.303 e. The molecule has 0 aliphatic carbocycles. The fourth-order valence-electron chi connectivity index (χ4n) is 1.82. The number of rotatable bonds is 4. The summed E-state index contributed by atoms with van der Waals surface area (Å²) in [5.41, 5.74) is 1.17. The Bertz CT molecular complexity index is 378. The summed E-state index contributed by atoms with van der Waals surface area (Å²) in [5.74, 6) is 0.204. The van der Waals surface area contributed by atoms with Crippen molar-refractivity contribution in [3.05, 3.63) is 29.8 Å². The Morgan fingerprint density at radius 3 is 3.06 bits per heavy atom. The third kappa shape index (κ3) is 2.73. The molecule has 0 bridgehead atoms. The summed E-state index contributed by atoms with van der Waals surface area (Å²) in [6.45, 7) is 2.16. The van der Waals surface area contributed by atoms with Crippen LogP contribution in [0.15, 0.2) is 24.3 Å². The van der Waals surface area contributed by atoms with Crippen molar-refractivity contribution < 1.29 is 14.6 Å². The van der Waals surface area contributed by atoms with E-state index in [9.17, 15) is 4.79 Å². The van der Waals surface area contributed by atoms with Gasteiger partial charge in [-0.15, -0.1) is 0 Å². The first kappa shape index (κ1) is 11.0. The second-order valence-electron chi connectivity index (χ2n) is 3.93. The maximum absolute atomic E-state index is 10.4. The molecular formula is C12H15NO3. The van der Waals surface area contributed by atoms with E-state index >= 15 is 0 Å². The molecule has 0 radical (unpaired) electrons. The van der Waals surface area contributed by atoms with Crippen LogP contribution in [0, 0.1) is 0 Å². The van der Waals surface area contributed by atoms with Gasteiger partial charge in [-0.25, -0.2) is 0 Å². The highest BCUT2D eigenvalue weighted by molar-refractivity contribution is 5.66. The fourth-order valence-corrected chi connectivity index (χ4v) is 1.82. The minimum atomic E-state index is -0.738. The van der Waals surface area contributed by atoms with Crippen LogP contribution in [0.3, 0.4) is 0 Å². The van der Waals surface area contributed by atoms with Gasteiger partial charge in [0.05, 0.1) is 0 Å². The topological polar surface area (TPSA) is 49.8 Å². The van der Waals surface area contributed by atoms with Gasteiger partial charge in [-0.05, 0) is 12.5 Å². The van der Waals surface area contributed by atoms with E-state index in [4.69, 9.17) is 9.84 Å². The van der Waals surface area contributed by atoms with E-state index in [-0.39, 0.29) is 6.42 Å². The number of nitrogens with zero attached hydrogens (tertiary/aromatic N) is 1. The Morgan fingerprint density at radius 2 is 2.25 bits per heavy atom. The molecule has 4 heteroatoms. The zero-order valence-corrected chi connectivity index (χ0v) is 9.06. The molecule has 0 aromatic heterocycles. The molecule has 0 saturated carbocycles. The highest BCUT2D eigenvalue weighted by Gasteiger charge is 2.16. The maximum atomic E-state index is 10.4. The fraction of sp³-hybridized carbons (Fsp3) is 0.417. The van der Waals surface area contributed by atoms with E-state index in [1.807, 2.05) is 24.3 Å². The number of fused-ring (bicyclic) bond motifs is 1. The van der Waals surface area contributed by atoms with Crippen LogP contribution in [-0.2, 0) is 11.3 Å². The summed E-state index contributed by atoms with van der Waals surface area (Å²) >= 11 is 0. The molecule has 0 amide bonds. The van der Waals surface area contributed by atoms with E-state index in [0.717, 1.165) is 18.8 Å². The summed E-state index contributed by atoms with van der Waals surface area (Å²) < 4.78 is 5.57. The van der Waals surface area contributed by atoms with Crippen molar-refractivity contribution in [1.82, 2.24) is 4.90 Å². The minimum absolute atomic E-state index is 0.220. The van der Waals surface area contributed by atoms with Crippen molar-refractivity contribution in [2.75, 3.05) is 13.3 Å². The standard InChI is InChI=1S/C12H15NO3/c14-12(15)6-3-7-13-8-10-4-1-2-5-11(10)16-9-13/h1-2,4-5H,3,6-9H2,(H,14,15). The van der Waals surface area contributed by atoms with Gasteiger partial charge in [0.25, 0.3) is 0 Å². The van der Waals surface area contributed by atoms with Crippen molar-refractivity contribution in [3.63, 3.8) is 0 Å². The molecule has 1 aromatic rings. The first-order chi connectivity index (χ1) is 7.75. The molecule has 4 nitrogen and oxygen atoms in total. The molecular weight excluding hydrogens is 206 g/mol. The van der Waals surface area contributed by atoms with Gasteiger partial charge in [0.1, 0.15) is 12.5 Å². The summed E-state index contributed by atoms with van der Waals surface area (Å²) in [6, 6.07) is 7.95. The van der Waals surface area contributed by atoms with Gasteiger partial charge >= 0.3 is 5.97 Å².